The summed E-state index contributed by atoms with van der Waals surface area (Å²) in [4.78, 5) is 10.1. The maximum atomic E-state index is 13.3. The van der Waals surface area contributed by atoms with Crippen LogP contribution >= 0.6 is 22.9 Å². The van der Waals surface area contributed by atoms with E-state index in [0.29, 0.717) is 15.3 Å². The Morgan fingerprint density at radius 1 is 1.36 bits per heavy atom. The predicted molar refractivity (Wildman–Crippen MR) is 81.0 cm³/mol. The van der Waals surface area contributed by atoms with Crippen molar-refractivity contribution >= 4 is 38.6 Å². The van der Waals surface area contributed by atoms with Crippen LogP contribution in [-0.2, 0) is 16.6 Å². The number of nitro groups is 1. The lowest BCUT2D eigenvalue weighted by atomic mass is 10.3. The molecule has 10 heteroatoms. The lowest BCUT2D eigenvalue weighted by Crippen LogP contribution is -2.26. The Morgan fingerprint density at radius 3 is 2.59 bits per heavy atom. The standard InChI is InChI=1S/C12H10ClFN2O4S2/c1-15(7-8-2-5-12(13)21-8)22(19,20)9-3-4-10(14)11(6-9)16(17)18/h2-6H,7H2,1H3. The van der Waals surface area contributed by atoms with Gasteiger partial charge in [-0.2, -0.15) is 8.70 Å². The maximum Gasteiger partial charge on any atom is 0.306 e. The average Bonchev–Trinajstić information content (AvgIpc) is 2.84. The molecule has 0 aliphatic rings. The topological polar surface area (TPSA) is 80.5 Å². The van der Waals surface area contributed by atoms with Gasteiger partial charge in [-0.1, -0.05) is 11.6 Å². The molecule has 0 fully saturated rings. The van der Waals surface area contributed by atoms with Gasteiger partial charge >= 0.3 is 5.69 Å². The second-order valence-electron chi connectivity index (χ2n) is 4.34. The van der Waals surface area contributed by atoms with E-state index < -0.39 is 26.5 Å². The Hall–Kier alpha value is -1.55. The van der Waals surface area contributed by atoms with Crippen LogP contribution in [0, 0.1) is 15.9 Å². The summed E-state index contributed by atoms with van der Waals surface area (Å²) in [5, 5.41) is 10.7. The molecule has 0 unspecified atom stereocenters. The van der Waals surface area contributed by atoms with Crippen LogP contribution in [0.3, 0.4) is 0 Å². The average molecular weight is 365 g/mol. The minimum absolute atomic E-state index is 0.0604. The summed E-state index contributed by atoms with van der Waals surface area (Å²) in [5.41, 5.74) is -0.881. The monoisotopic (exact) mass is 364 g/mol. The highest BCUT2D eigenvalue weighted by atomic mass is 35.5. The largest absolute Gasteiger partial charge is 0.306 e. The van der Waals surface area contributed by atoms with Gasteiger partial charge in [0, 0.05) is 24.5 Å². The van der Waals surface area contributed by atoms with Crippen LogP contribution in [0.5, 0.6) is 0 Å². The molecule has 0 bridgehead atoms. The minimum Gasteiger partial charge on any atom is -0.258 e. The first-order valence-corrected chi connectivity index (χ1v) is 8.50. The van der Waals surface area contributed by atoms with Gasteiger partial charge in [0.2, 0.25) is 15.8 Å². The number of benzene rings is 1. The molecule has 0 N–H and O–H groups in total. The van der Waals surface area contributed by atoms with E-state index in [2.05, 4.69) is 0 Å². The number of hydrogen-bond acceptors (Lipinski definition) is 5. The molecule has 0 atom stereocenters. The van der Waals surface area contributed by atoms with Crippen molar-refractivity contribution in [1.82, 2.24) is 4.31 Å². The summed E-state index contributed by atoms with van der Waals surface area (Å²) < 4.78 is 39.6. The number of halogens is 2. The van der Waals surface area contributed by atoms with Gasteiger partial charge in [0.25, 0.3) is 0 Å². The van der Waals surface area contributed by atoms with Crippen LogP contribution in [0.15, 0.2) is 35.2 Å². The number of nitrogens with zero attached hydrogens (tertiary/aromatic N) is 2. The number of sulfonamides is 1. The van der Waals surface area contributed by atoms with E-state index in [-0.39, 0.29) is 11.4 Å². The molecule has 22 heavy (non-hydrogen) atoms. The van der Waals surface area contributed by atoms with E-state index >= 15 is 0 Å². The van der Waals surface area contributed by atoms with Crippen LogP contribution in [0.2, 0.25) is 4.34 Å². The van der Waals surface area contributed by atoms with Crippen LogP contribution in [0.1, 0.15) is 4.88 Å². The summed E-state index contributed by atoms with van der Waals surface area (Å²) in [7, 11) is -2.64. The zero-order valence-corrected chi connectivity index (χ0v) is 13.6. The van der Waals surface area contributed by atoms with E-state index in [1.165, 1.54) is 18.4 Å². The SMILES string of the molecule is CN(Cc1ccc(Cl)s1)S(=O)(=O)c1ccc(F)c([N+](=O)[O-])c1. The lowest BCUT2D eigenvalue weighted by Gasteiger charge is -2.16. The summed E-state index contributed by atoms with van der Waals surface area (Å²) in [6.07, 6.45) is 0. The van der Waals surface area contributed by atoms with Crippen molar-refractivity contribution in [3.63, 3.8) is 0 Å². The van der Waals surface area contributed by atoms with Gasteiger partial charge < -0.3 is 0 Å². The molecule has 0 saturated heterocycles. The van der Waals surface area contributed by atoms with E-state index in [1.807, 2.05) is 0 Å². The molecule has 1 heterocycles. The van der Waals surface area contributed by atoms with Crippen molar-refractivity contribution < 1.29 is 17.7 Å². The fourth-order valence-corrected chi connectivity index (χ4v) is 4.11. The van der Waals surface area contributed by atoms with Crippen molar-refractivity contribution in [2.45, 2.75) is 11.4 Å². The fraction of sp³-hybridized carbons (Fsp3) is 0.167. The van der Waals surface area contributed by atoms with Crippen molar-refractivity contribution in [1.29, 1.82) is 0 Å². The molecule has 2 rings (SSSR count). The van der Waals surface area contributed by atoms with E-state index in [4.69, 9.17) is 11.6 Å². The predicted octanol–water partition coefficient (Wildman–Crippen LogP) is 3.27. The van der Waals surface area contributed by atoms with E-state index in [0.717, 1.165) is 16.4 Å². The van der Waals surface area contributed by atoms with Crippen LogP contribution in [-0.4, -0.2) is 24.7 Å². The first kappa shape index (κ1) is 16.8. The normalized spacial score (nSPS) is 11.8. The fourth-order valence-electron chi connectivity index (χ4n) is 1.71. The second-order valence-corrected chi connectivity index (χ2v) is 8.18. The molecular weight excluding hydrogens is 355 g/mol. The minimum atomic E-state index is -3.97. The summed E-state index contributed by atoms with van der Waals surface area (Å²) in [6, 6.07) is 5.80. The molecule has 0 radical (unpaired) electrons. The molecule has 0 aliphatic carbocycles. The summed E-state index contributed by atoms with van der Waals surface area (Å²) in [6.45, 7) is 0.0604. The maximum absolute atomic E-state index is 13.3. The molecule has 6 nitrogen and oxygen atoms in total. The molecule has 1 aromatic carbocycles. The number of rotatable bonds is 5. The number of thiophene rings is 1. The van der Waals surface area contributed by atoms with Crippen LogP contribution in [0.25, 0.3) is 0 Å². The zero-order chi connectivity index (χ0) is 16.5. The van der Waals surface area contributed by atoms with E-state index in [9.17, 15) is 22.9 Å². The van der Waals surface area contributed by atoms with Gasteiger partial charge in [-0.25, -0.2) is 8.42 Å². The Labute approximate surface area is 135 Å². The highest BCUT2D eigenvalue weighted by molar-refractivity contribution is 7.89. The molecule has 0 aliphatic heterocycles. The van der Waals surface area contributed by atoms with Gasteiger partial charge in [0.15, 0.2) is 0 Å². The molecule has 0 amide bonds. The Bertz CT molecular complexity index is 822. The molecule has 1 aromatic heterocycles. The Morgan fingerprint density at radius 2 is 2.05 bits per heavy atom. The molecule has 2 aromatic rings. The highest BCUT2D eigenvalue weighted by Crippen LogP contribution is 2.26. The van der Waals surface area contributed by atoms with Gasteiger partial charge in [-0.15, -0.1) is 11.3 Å². The van der Waals surface area contributed by atoms with Crippen molar-refractivity contribution in [3.8, 4) is 0 Å². The highest BCUT2D eigenvalue weighted by Gasteiger charge is 2.25. The van der Waals surface area contributed by atoms with Crippen molar-refractivity contribution in [3.05, 3.63) is 55.5 Å². The Balaban J connectivity index is 2.33. The third-order valence-corrected chi connectivity index (χ3v) is 5.85. The van der Waals surface area contributed by atoms with Crippen molar-refractivity contribution in [2.75, 3.05) is 7.05 Å². The van der Waals surface area contributed by atoms with Gasteiger partial charge in [0.1, 0.15) is 0 Å². The van der Waals surface area contributed by atoms with E-state index in [1.54, 1.807) is 12.1 Å². The smallest absolute Gasteiger partial charge is 0.258 e. The second kappa shape index (κ2) is 6.29. The zero-order valence-electron chi connectivity index (χ0n) is 11.2. The first-order valence-electron chi connectivity index (χ1n) is 5.86. The van der Waals surface area contributed by atoms with Gasteiger partial charge in [0.05, 0.1) is 14.2 Å². The number of nitro benzene ring substituents is 1. The third-order valence-electron chi connectivity index (χ3n) is 2.83. The lowest BCUT2D eigenvalue weighted by molar-refractivity contribution is -0.387. The van der Waals surface area contributed by atoms with Crippen molar-refractivity contribution in [2.24, 2.45) is 0 Å². The quantitative estimate of drug-likeness (QED) is 0.602. The van der Waals surface area contributed by atoms with Crippen LogP contribution in [0.4, 0.5) is 10.1 Å². The Kier molecular flexibility index (Phi) is 4.81. The molecule has 118 valence electrons. The molecular formula is C12H10ClFN2O4S2. The molecule has 0 spiro atoms. The summed E-state index contributed by atoms with van der Waals surface area (Å²) >= 11 is 7.01. The van der Waals surface area contributed by atoms with Gasteiger partial charge in [-0.05, 0) is 24.3 Å². The number of hydrogen-bond donors (Lipinski definition) is 0. The van der Waals surface area contributed by atoms with Gasteiger partial charge in [-0.3, -0.25) is 10.1 Å². The first-order chi connectivity index (χ1) is 10.2. The van der Waals surface area contributed by atoms with Crippen LogP contribution < -0.4 is 0 Å². The molecule has 0 saturated carbocycles. The third kappa shape index (κ3) is 3.43. The summed E-state index contributed by atoms with van der Waals surface area (Å²) in [5.74, 6) is -1.09.